The quantitative estimate of drug-likeness (QED) is 0.549. The molecule has 0 aromatic rings. The molecule has 2 fully saturated rings. The lowest BCUT2D eigenvalue weighted by Gasteiger charge is -2.33. The second-order valence-corrected chi connectivity index (χ2v) is 4.01. The summed E-state index contributed by atoms with van der Waals surface area (Å²) in [7, 11) is 0. The fraction of sp³-hybridized carbons (Fsp3) is 0.800. The molecule has 0 bridgehead atoms. The van der Waals surface area contributed by atoms with Crippen LogP contribution in [0.1, 0.15) is 38.5 Å². The Morgan fingerprint density at radius 2 is 1.92 bits per heavy atom. The molecule has 0 saturated heterocycles. The molecule has 12 heavy (non-hydrogen) atoms. The topological polar surface area (TPSA) is 34.1 Å². The third kappa shape index (κ3) is 1.30. The zero-order valence-corrected chi connectivity index (χ0v) is 7.21. The van der Waals surface area contributed by atoms with Crippen LogP contribution in [0.2, 0.25) is 0 Å². The van der Waals surface area contributed by atoms with E-state index < -0.39 is 0 Å². The molecule has 0 heterocycles. The van der Waals surface area contributed by atoms with Gasteiger partial charge in [0.1, 0.15) is 11.6 Å². The minimum Gasteiger partial charge on any atom is -0.300 e. The van der Waals surface area contributed by atoms with Gasteiger partial charge in [-0.25, -0.2) is 0 Å². The van der Waals surface area contributed by atoms with Crippen molar-refractivity contribution < 1.29 is 9.59 Å². The zero-order chi connectivity index (χ0) is 8.55. The Hall–Kier alpha value is -0.660. The first kappa shape index (κ1) is 7.96. The fourth-order valence-electron chi connectivity index (χ4n) is 2.54. The van der Waals surface area contributed by atoms with Crippen LogP contribution >= 0.6 is 0 Å². The smallest absolute Gasteiger partial charge is 0.136 e. The third-order valence-electron chi connectivity index (χ3n) is 3.20. The molecule has 2 aliphatic rings. The molecule has 0 aliphatic heterocycles. The molecule has 0 aromatic carbocycles. The first-order valence-corrected chi connectivity index (χ1v) is 4.82. The highest BCUT2D eigenvalue weighted by Gasteiger charge is 2.36. The van der Waals surface area contributed by atoms with Crippen molar-refractivity contribution in [3.63, 3.8) is 0 Å². The highest BCUT2D eigenvalue weighted by molar-refractivity contribution is 5.86. The lowest BCUT2D eigenvalue weighted by molar-refractivity contribution is -0.132. The first-order chi connectivity index (χ1) is 5.77. The van der Waals surface area contributed by atoms with E-state index >= 15 is 0 Å². The van der Waals surface area contributed by atoms with Crippen LogP contribution in [-0.2, 0) is 9.59 Å². The third-order valence-corrected chi connectivity index (χ3v) is 3.20. The van der Waals surface area contributed by atoms with Crippen LogP contribution in [0.5, 0.6) is 0 Å². The van der Waals surface area contributed by atoms with Gasteiger partial charge < -0.3 is 0 Å². The minimum absolute atomic E-state index is 0.247. The molecule has 2 heteroatoms. The average molecular weight is 166 g/mol. The molecule has 2 atom stereocenters. The second-order valence-electron chi connectivity index (χ2n) is 4.01. The summed E-state index contributed by atoms with van der Waals surface area (Å²) in [5.41, 5.74) is 0. The van der Waals surface area contributed by atoms with Gasteiger partial charge in [-0.3, -0.25) is 9.59 Å². The van der Waals surface area contributed by atoms with E-state index in [2.05, 4.69) is 0 Å². The lowest BCUT2D eigenvalue weighted by Crippen LogP contribution is -2.34. The molecule has 2 saturated carbocycles. The predicted molar refractivity (Wildman–Crippen MR) is 44.7 cm³/mol. The Bertz CT molecular complexity index is 220. The van der Waals surface area contributed by atoms with Crippen molar-refractivity contribution in [3.8, 4) is 0 Å². The van der Waals surface area contributed by atoms with Gasteiger partial charge in [0.15, 0.2) is 0 Å². The fourth-order valence-corrected chi connectivity index (χ4v) is 2.54. The Kier molecular flexibility index (Phi) is 1.99. The summed E-state index contributed by atoms with van der Waals surface area (Å²) in [6.45, 7) is 0. The Morgan fingerprint density at radius 3 is 2.75 bits per heavy atom. The number of Topliss-reactive ketones (excluding diaryl/α,β-unsaturated/α-hetero) is 2. The average Bonchev–Trinajstić information content (AvgIpc) is 2.04. The van der Waals surface area contributed by atoms with E-state index in [1.54, 1.807) is 0 Å². The summed E-state index contributed by atoms with van der Waals surface area (Å²) < 4.78 is 0. The molecule has 0 unspecified atom stereocenters. The molecular weight excluding hydrogens is 152 g/mol. The first-order valence-electron chi connectivity index (χ1n) is 4.82. The van der Waals surface area contributed by atoms with Gasteiger partial charge in [-0.2, -0.15) is 0 Å². The molecule has 2 aliphatic carbocycles. The van der Waals surface area contributed by atoms with Crippen LogP contribution in [0, 0.1) is 11.8 Å². The van der Waals surface area contributed by atoms with E-state index in [0.29, 0.717) is 30.3 Å². The normalized spacial score (nSPS) is 36.3. The van der Waals surface area contributed by atoms with E-state index in [9.17, 15) is 9.59 Å². The SMILES string of the molecule is O=C1CC[C@H]2C(=O)CCC[C@H]2C1. The van der Waals surface area contributed by atoms with Crippen LogP contribution < -0.4 is 0 Å². The van der Waals surface area contributed by atoms with Crippen LogP contribution in [0.15, 0.2) is 0 Å². The molecule has 0 radical (unpaired) electrons. The lowest BCUT2D eigenvalue weighted by atomic mass is 9.70. The van der Waals surface area contributed by atoms with Crippen molar-refractivity contribution >= 4 is 11.6 Å². The number of fused-ring (bicyclic) bond motifs is 1. The van der Waals surface area contributed by atoms with Crippen molar-refractivity contribution in [3.05, 3.63) is 0 Å². The van der Waals surface area contributed by atoms with Crippen molar-refractivity contribution in [2.24, 2.45) is 11.8 Å². The number of carbonyl (C=O) groups is 2. The summed E-state index contributed by atoms with van der Waals surface area (Å²) in [6, 6.07) is 0. The van der Waals surface area contributed by atoms with E-state index in [1.165, 1.54) is 0 Å². The van der Waals surface area contributed by atoms with Gasteiger partial charge >= 0.3 is 0 Å². The van der Waals surface area contributed by atoms with Crippen molar-refractivity contribution in [1.29, 1.82) is 0 Å². The standard InChI is InChI=1S/C10H14O2/c11-8-4-5-9-7(6-8)2-1-3-10(9)12/h7,9H,1-6H2/t7-,9+/m0/s1. The maximum absolute atomic E-state index is 11.4. The molecular formula is C10H14O2. The Labute approximate surface area is 72.3 Å². The van der Waals surface area contributed by atoms with Gasteiger partial charge in [0.2, 0.25) is 0 Å². The molecule has 0 N–H and O–H groups in total. The number of ketones is 2. The highest BCUT2D eigenvalue weighted by Crippen LogP contribution is 2.36. The van der Waals surface area contributed by atoms with Crippen molar-refractivity contribution in [2.75, 3.05) is 0 Å². The highest BCUT2D eigenvalue weighted by atomic mass is 16.1. The molecule has 0 amide bonds. The van der Waals surface area contributed by atoms with Crippen molar-refractivity contribution in [1.82, 2.24) is 0 Å². The van der Waals surface area contributed by atoms with Gasteiger partial charge in [-0.1, -0.05) is 0 Å². The summed E-state index contributed by atoms with van der Waals surface area (Å²) in [6.07, 6.45) is 5.02. The monoisotopic (exact) mass is 166 g/mol. The zero-order valence-electron chi connectivity index (χ0n) is 7.21. The van der Waals surface area contributed by atoms with E-state index in [4.69, 9.17) is 0 Å². The predicted octanol–water partition coefficient (Wildman–Crippen LogP) is 1.72. The minimum atomic E-state index is 0.247. The number of carbonyl (C=O) groups excluding carboxylic acids is 2. The summed E-state index contributed by atoms with van der Waals surface area (Å²) in [5, 5.41) is 0. The number of hydrogen-bond acceptors (Lipinski definition) is 2. The van der Waals surface area contributed by atoms with Crippen LogP contribution in [0.25, 0.3) is 0 Å². The largest absolute Gasteiger partial charge is 0.300 e. The van der Waals surface area contributed by atoms with Gasteiger partial charge in [0, 0.05) is 25.2 Å². The van der Waals surface area contributed by atoms with Gasteiger partial charge in [0.05, 0.1) is 0 Å². The molecule has 0 aromatic heterocycles. The Balaban J connectivity index is 2.09. The maximum Gasteiger partial charge on any atom is 0.136 e. The van der Waals surface area contributed by atoms with Gasteiger partial charge in [0.25, 0.3) is 0 Å². The van der Waals surface area contributed by atoms with Crippen molar-refractivity contribution in [2.45, 2.75) is 38.5 Å². The maximum atomic E-state index is 11.4. The number of rotatable bonds is 0. The van der Waals surface area contributed by atoms with Crippen LogP contribution in [-0.4, -0.2) is 11.6 Å². The summed E-state index contributed by atoms with van der Waals surface area (Å²) in [4.78, 5) is 22.5. The van der Waals surface area contributed by atoms with Crippen LogP contribution in [0.4, 0.5) is 0 Å². The molecule has 2 nitrogen and oxygen atoms in total. The van der Waals surface area contributed by atoms with E-state index in [-0.39, 0.29) is 5.92 Å². The van der Waals surface area contributed by atoms with Gasteiger partial charge in [-0.05, 0) is 25.2 Å². The second kappa shape index (κ2) is 3.00. The van der Waals surface area contributed by atoms with Gasteiger partial charge in [-0.15, -0.1) is 0 Å². The molecule has 2 rings (SSSR count). The molecule has 0 spiro atoms. The summed E-state index contributed by atoms with van der Waals surface area (Å²) in [5.74, 6) is 1.44. The van der Waals surface area contributed by atoms with Crippen LogP contribution in [0.3, 0.4) is 0 Å². The van der Waals surface area contributed by atoms with E-state index in [0.717, 1.165) is 25.7 Å². The summed E-state index contributed by atoms with van der Waals surface area (Å²) >= 11 is 0. The number of hydrogen-bond donors (Lipinski definition) is 0. The van der Waals surface area contributed by atoms with E-state index in [1.807, 2.05) is 0 Å². The Morgan fingerprint density at radius 1 is 1.08 bits per heavy atom. The molecule has 66 valence electrons.